The van der Waals surface area contributed by atoms with Crippen molar-refractivity contribution in [3.05, 3.63) is 23.8 Å². The quantitative estimate of drug-likeness (QED) is 0.700. The molecule has 2 aliphatic heterocycles. The zero-order valence-electron chi connectivity index (χ0n) is 9.03. The number of fused-ring (bicyclic) bond motifs is 1. The van der Waals surface area contributed by atoms with Gasteiger partial charge in [0.05, 0.1) is 19.8 Å². The first kappa shape index (κ1) is 10.6. The summed E-state index contributed by atoms with van der Waals surface area (Å²) in [4.78, 5) is 9.37. The van der Waals surface area contributed by atoms with Gasteiger partial charge in [0, 0.05) is 17.7 Å². The Morgan fingerprint density at radius 3 is 3.06 bits per heavy atom. The van der Waals surface area contributed by atoms with Crippen LogP contribution in [-0.2, 0) is 4.74 Å². The maximum atomic E-state index is 9.37. The topological polar surface area (TPSA) is 73.6 Å². The van der Waals surface area contributed by atoms with E-state index in [0.717, 1.165) is 18.8 Å². The van der Waals surface area contributed by atoms with Gasteiger partial charge in [0.2, 0.25) is 0 Å². The number of benzene rings is 1. The molecule has 0 fully saturated rings. The summed E-state index contributed by atoms with van der Waals surface area (Å²) < 4.78 is 9.38. The average molecular weight is 222 g/mol. The number of nitrogens with one attached hydrogen (secondary N) is 1. The molecule has 0 aromatic heterocycles. The second-order valence-electron chi connectivity index (χ2n) is 3.61. The maximum Gasteiger partial charge on any atom is 0.404 e. The predicted octanol–water partition coefficient (Wildman–Crippen LogP) is 1.65. The van der Waals surface area contributed by atoms with E-state index in [-0.39, 0.29) is 0 Å². The Hall–Kier alpha value is -1.91. The molecule has 1 atom stereocenters. The molecular weight excluding hydrogens is 208 g/mol. The second-order valence-corrected chi connectivity index (χ2v) is 3.61. The van der Waals surface area contributed by atoms with Crippen LogP contribution < -0.4 is 15.8 Å². The van der Waals surface area contributed by atoms with Crippen molar-refractivity contribution in [3.63, 3.8) is 0 Å². The Bertz CT molecular complexity index is 406. The molecule has 1 aromatic rings. The van der Waals surface area contributed by atoms with Crippen molar-refractivity contribution in [2.24, 2.45) is 5.73 Å². The van der Waals surface area contributed by atoms with E-state index in [1.807, 2.05) is 0 Å². The lowest BCUT2D eigenvalue weighted by Gasteiger charge is -2.20. The minimum absolute atomic E-state index is 0.531. The van der Waals surface area contributed by atoms with E-state index in [1.165, 1.54) is 18.4 Å². The highest BCUT2D eigenvalue weighted by atomic mass is 16.5. The van der Waals surface area contributed by atoms with E-state index in [9.17, 15) is 4.79 Å². The SMILES string of the molecule is COC(N)=O.c1cc2c3cc1NC3CCO2. The third kappa shape index (κ3) is 2.03. The highest BCUT2D eigenvalue weighted by Gasteiger charge is 2.26. The van der Waals surface area contributed by atoms with Crippen LogP contribution in [-0.4, -0.2) is 19.8 Å². The summed E-state index contributed by atoms with van der Waals surface area (Å²) in [5.74, 6) is 1.06. The zero-order valence-corrected chi connectivity index (χ0v) is 9.03. The van der Waals surface area contributed by atoms with Crippen molar-refractivity contribution < 1.29 is 14.3 Å². The Balaban J connectivity index is 0.000000168. The molecule has 0 aliphatic carbocycles. The molecular formula is C11H14N2O3. The number of anilines is 1. The molecule has 2 heterocycles. The van der Waals surface area contributed by atoms with Gasteiger partial charge in [-0.2, -0.15) is 0 Å². The van der Waals surface area contributed by atoms with Crippen molar-refractivity contribution in [2.75, 3.05) is 19.0 Å². The Morgan fingerprint density at radius 1 is 1.62 bits per heavy atom. The summed E-state index contributed by atoms with van der Waals surface area (Å²) in [7, 11) is 1.22. The number of methoxy groups -OCH3 is 1. The molecule has 16 heavy (non-hydrogen) atoms. The first-order valence-electron chi connectivity index (χ1n) is 5.07. The Kier molecular flexibility index (Phi) is 2.85. The molecule has 0 spiro atoms. The smallest absolute Gasteiger partial charge is 0.404 e. The highest BCUT2D eigenvalue weighted by molar-refractivity contribution is 5.64. The van der Waals surface area contributed by atoms with E-state index in [4.69, 9.17) is 4.74 Å². The number of primary amides is 1. The van der Waals surface area contributed by atoms with Crippen molar-refractivity contribution in [1.29, 1.82) is 0 Å². The van der Waals surface area contributed by atoms with Gasteiger partial charge in [-0.25, -0.2) is 4.79 Å². The van der Waals surface area contributed by atoms with Crippen LogP contribution in [0.4, 0.5) is 10.5 Å². The molecule has 86 valence electrons. The van der Waals surface area contributed by atoms with E-state index < -0.39 is 6.09 Å². The summed E-state index contributed by atoms with van der Waals surface area (Å²) >= 11 is 0. The van der Waals surface area contributed by atoms with Crippen LogP contribution in [0.25, 0.3) is 0 Å². The summed E-state index contributed by atoms with van der Waals surface area (Å²) in [6, 6.07) is 6.84. The molecule has 0 saturated carbocycles. The number of rotatable bonds is 0. The number of nitrogens with two attached hydrogens (primary N) is 1. The largest absolute Gasteiger partial charge is 0.493 e. The molecule has 1 unspecified atom stereocenters. The molecule has 5 heteroatoms. The monoisotopic (exact) mass is 222 g/mol. The fourth-order valence-corrected chi connectivity index (χ4v) is 1.84. The fraction of sp³-hybridized carbons (Fsp3) is 0.364. The standard InChI is InChI=1S/C9H9NO.C2H5NO2/c1-2-9-7-5-6(1)10-8(7)3-4-11-9;1-5-2(3)4/h1-2,5,8,10H,3-4H2;1H3,(H2,3,4). The van der Waals surface area contributed by atoms with Crippen molar-refractivity contribution in [2.45, 2.75) is 12.5 Å². The average Bonchev–Trinajstić information content (AvgIpc) is 2.68. The predicted molar refractivity (Wildman–Crippen MR) is 59.5 cm³/mol. The Morgan fingerprint density at radius 2 is 2.38 bits per heavy atom. The molecule has 3 rings (SSSR count). The summed E-state index contributed by atoms with van der Waals surface area (Å²) in [5.41, 5.74) is 7.01. The van der Waals surface area contributed by atoms with Crippen molar-refractivity contribution in [3.8, 4) is 5.75 Å². The van der Waals surface area contributed by atoms with E-state index >= 15 is 0 Å². The van der Waals surface area contributed by atoms with Gasteiger partial charge in [0.25, 0.3) is 0 Å². The van der Waals surface area contributed by atoms with Gasteiger partial charge in [-0.3, -0.25) is 0 Å². The number of carbonyl (C=O) groups excluding carboxylic acids is 1. The summed E-state index contributed by atoms with van der Waals surface area (Å²) in [6.07, 6.45) is 0.352. The molecule has 2 aliphatic rings. The molecule has 2 bridgehead atoms. The van der Waals surface area contributed by atoms with Crippen LogP contribution in [0.5, 0.6) is 5.75 Å². The first-order chi connectivity index (χ1) is 7.70. The second kappa shape index (κ2) is 4.30. The molecule has 3 N–H and O–H groups in total. The third-order valence-electron chi connectivity index (χ3n) is 2.59. The van der Waals surface area contributed by atoms with Gasteiger partial charge in [-0.05, 0) is 18.2 Å². The minimum atomic E-state index is -0.745. The fourth-order valence-electron chi connectivity index (χ4n) is 1.84. The molecule has 1 amide bonds. The number of hydrogen-bond donors (Lipinski definition) is 2. The van der Waals surface area contributed by atoms with Crippen LogP contribution in [0, 0.1) is 0 Å². The molecule has 5 nitrogen and oxygen atoms in total. The van der Waals surface area contributed by atoms with Gasteiger partial charge >= 0.3 is 6.09 Å². The zero-order chi connectivity index (χ0) is 11.5. The van der Waals surface area contributed by atoms with Gasteiger partial charge in [0.15, 0.2) is 0 Å². The third-order valence-corrected chi connectivity index (χ3v) is 2.59. The van der Waals surface area contributed by atoms with Gasteiger partial charge < -0.3 is 20.5 Å². The summed E-state index contributed by atoms with van der Waals surface area (Å²) in [6.45, 7) is 0.849. The van der Waals surface area contributed by atoms with Gasteiger partial charge in [0.1, 0.15) is 5.75 Å². The maximum absolute atomic E-state index is 9.37. The van der Waals surface area contributed by atoms with Gasteiger partial charge in [-0.1, -0.05) is 0 Å². The molecule has 1 aromatic carbocycles. The van der Waals surface area contributed by atoms with E-state index in [0.29, 0.717) is 6.04 Å². The number of carbonyl (C=O) groups is 1. The normalized spacial score (nSPS) is 18.7. The van der Waals surface area contributed by atoms with E-state index in [2.05, 4.69) is 34.0 Å². The molecule has 0 saturated heterocycles. The highest BCUT2D eigenvalue weighted by Crippen LogP contribution is 2.40. The number of amides is 1. The van der Waals surface area contributed by atoms with Crippen LogP contribution in [0.1, 0.15) is 18.0 Å². The number of ether oxygens (including phenoxy) is 2. The van der Waals surface area contributed by atoms with Crippen molar-refractivity contribution >= 4 is 11.8 Å². The minimum Gasteiger partial charge on any atom is -0.493 e. The van der Waals surface area contributed by atoms with Gasteiger partial charge in [-0.15, -0.1) is 0 Å². The first-order valence-corrected chi connectivity index (χ1v) is 5.07. The van der Waals surface area contributed by atoms with Crippen LogP contribution in [0.3, 0.4) is 0 Å². The number of hydrogen-bond acceptors (Lipinski definition) is 4. The van der Waals surface area contributed by atoms with Crippen LogP contribution in [0.2, 0.25) is 0 Å². The lowest BCUT2D eigenvalue weighted by Crippen LogP contribution is -2.15. The Labute approximate surface area is 93.5 Å². The summed E-state index contributed by atoms with van der Waals surface area (Å²) in [5, 5.41) is 3.42. The van der Waals surface area contributed by atoms with Crippen LogP contribution in [0.15, 0.2) is 18.2 Å². The van der Waals surface area contributed by atoms with Crippen LogP contribution >= 0.6 is 0 Å². The molecule has 0 radical (unpaired) electrons. The van der Waals surface area contributed by atoms with Crippen molar-refractivity contribution in [1.82, 2.24) is 0 Å². The lowest BCUT2D eigenvalue weighted by molar-refractivity contribution is 0.182. The lowest BCUT2D eigenvalue weighted by atomic mass is 10.1. The van der Waals surface area contributed by atoms with E-state index in [1.54, 1.807) is 0 Å².